The van der Waals surface area contributed by atoms with Crippen LogP contribution in [0, 0.1) is 0 Å². The second-order valence-electron chi connectivity index (χ2n) is 8.62. The first-order chi connectivity index (χ1) is 14.8. The topological polar surface area (TPSA) is 56.3 Å². The lowest BCUT2D eigenvalue weighted by molar-refractivity contribution is 0.154. The predicted molar refractivity (Wildman–Crippen MR) is 120 cm³/mol. The number of rotatable bonds is 8. The first-order valence-electron chi connectivity index (χ1n) is 11.8. The van der Waals surface area contributed by atoms with Crippen molar-refractivity contribution in [3.8, 4) is 22.8 Å². The minimum atomic E-state index is 0.223. The van der Waals surface area contributed by atoms with Gasteiger partial charge < -0.3 is 14.8 Å². The van der Waals surface area contributed by atoms with E-state index in [0.717, 1.165) is 67.8 Å². The molecule has 162 valence electrons. The molecule has 0 radical (unpaired) electrons. The molecule has 1 N–H and O–H groups in total. The number of hydrogen-bond acceptors (Lipinski definition) is 5. The molecular formula is C25H35N3O2. The summed E-state index contributed by atoms with van der Waals surface area (Å²) in [5.41, 5.74) is 3.34. The zero-order valence-corrected chi connectivity index (χ0v) is 18.2. The zero-order valence-electron chi connectivity index (χ0n) is 18.2. The van der Waals surface area contributed by atoms with E-state index >= 15 is 0 Å². The van der Waals surface area contributed by atoms with Crippen LogP contribution in [0.4, 0.5) is 0 Å². The van der Waals surface area contributed by atoms with Gasteiger partial charge in [0.05, 0.1) is 11.8 Å². The van der Waals surface area contributed by atoms with Gasteiger partial charge in [0.1, 0.15) is 11.9 Å². The van der Waals surface area contributed by atoms with Crippen LogP contribution in [0.5, 0.6) is 11.6 Å². The number of nitrogens with one attached hydrogen (secondary N) is 1. The van der Waals surface area contributed by atoms with Crippen molar-refractivity contribution in [3.05, 3.63) is 36.0 Å². The molecule has 1 aromatic heterocycles. The summed E-state index contributed by atoms with van der Waals surface area (Å²) in [6, 6.07) is 10.6. The molecule has 2 heterocycles. The van der Waals surface area contributed by atoms with Crippen molar-refractivity contribution in [1.29, 1.82) is 0 Å². The van der Waals surface area contributed by atoms with Crippen molar-refractivity contribution in [2.24, 2.45) is 0 Å². The van der Waals surface area contributed by atoms with Crippen molar-refractivity contribution in [1.82, 2.24) is 15.5 Å². The van der Waals surface area contributed by atoms with E-state index in [1.807, 2.05) is 0 Å². The first kappa shape index (κ1) is 21.1. The van der Waals surface area contributed by atoms with Crippen LogP contribution in [0.15, 0.2) is 30.3 Å². The second kappa shape index (κ2) is 10.8. The highest BCUT2D eigenvalue weighted by Gasteiger charge is 2.18. The van der Waals surface area contributed by atoms with Gasteiger partial charge in [0.15, 0.2) is 0 Å². The van der Waals surface area contributed by atoms with E-state index in [9.17, 15) is 0 Å². The second-order valence-corrected chi connectivity index (χ2v) is 8.62. The molecule has 5 heteroatoms. The maximum absolute atomic E-state index is 6.21. The van der Waals surface area contributed by atoms with E-state index in [4.69, 9.17) is 9.47 Å². The van der Waals surface area contributed by atoms with Gasteiger partial charge in [-0.05, 0) is 82.2 Å². The van der Waals surface area contributed by atoms with E-state index in [1.165, 1.54) is 32.1 Å². The third-order valence-corrected chi connectivity index (χ3v) is 6.21. The van der Waals surface area contributed by atoms with Gasteiger partial charge in [0, 0.05) is 11.6 Å². The summed E-state index contributed by atoms with van der Waals surface area (Å²) < 4.78 is 12.4. The normalized spacial score (nSPS) is 18.3. The van der Waals surface area contributed by atoms with E-state index < -0.39 is 0 Å². The van der Waals surface area contributed by atoms with Crippen molar-refractivity contribution in [2.45, 2.75) is 83.3 Å². The van der Waals surface area contributed by atoms with Crippen LogP contribution in [0.1, 0.15) is 70.4 Å². The van der Waals surface area contributed by atoms with Crippen LogP contribution >= 0.6 is 0 Å². The number of benzene rings is 1. The molecule has 1 saturated carbocycles. The number of unbranched alkanes of at least 4 members (excludes halogenated alkanes) is 1. The number of hydrogen-bond donors (Lipinski definition) is 1. The van der Waals surface area contributed by atoms with Gasteiger partial charge in [-0.3, -0.25) is 0 Å². The SMILES string of the molecule is CCCCc1nnc(OC2CCNCC2)cc1-c1ccc(OC2CCCCC2)cc1. The Morgan fingerprint density at radius 2 is 1.63 bits per heavy atom. The summed E-state index contributed by atoms with van der Waals surface area (Å²) in [7, 11) is 0. The summed E-state index contributed by atoms with van der Waals surface area (Å²) in [6.07, 6.45) is 12.1. The molecule has 1 aliphatic carbocycles. The number of piperidine rings is 1. The molecular weight excluding hydrogens is 374 g/mol. The predicted octanol–water partition coefficient (Wildman–Crippen LogP) is 5.33. The lowest BCUT2D eigenvalue weighted by Crippen LogP contribution is -2.34. The molecule has 0 unspecified atom stereocenters. The fourth-order valence-electron chi connectivity index (χ4n) is 4.41. The van der Waals surface area contributed by atoms with Crippen molar-refractivity contribution < 1.29 is 9.47 Å². The molecule has 0 spiro atoms. The third kappa shape index (κ3) is 5.72. The molecule has 2 aliphatic rings. The van der Waals surface area contributed by atoms with Crippen molar-refractivity contribution >= 4 is 0 Å². The van der Waals surface area contributed by atoms with Crippen LogP contribution < -0.4 is 14.8 Å². The largest absolute Gasteiger partial charge is 0.490 e. The van der Waals surface area contributed by atoms with Crippen molar-refractivity contribution in [3.63, 3.8) is 0 Å². The van der Waals surface area contributed by atoms with Gasteiger partial charge >= 0.3 is 0 Å². The monoisotopic (exact) mass is 409 g/mol. The first-order valence-corrected chi connectivity index (χ1v) is 11.8. The average molecular weight is 410 g/mol. The standard InChI is InChI=1S/C25H35N3O2/c1-2-3-9-24-23(18-25(28-27-24)30-22-14-16-26-17-15-22)19-10-12-21(13-11-19)29-20-7-5-4-6-8-20/h10-13,18,20,22,26H,2-9,14-17H2,1H3. The minimum Gasteiger partial charge on any atom is -0.490 e. The Morgan fingerprint density at radius 1 is 0.900 bits per heavy atom. The van der Waals surface area contributed by atoms with Gasteiger partial charge in [-0.25, -0.2) is 0 Å². The maximum Gasteiger partial charge on any atom is 0.234 e. The van der Waals surface area contributed by atoms with Gasteiger partial charge in [0.2, 0.25) is 5.88 Å². The average Bonchev–Trinajstić information content (AvgIpc) is 2.80. The molecule has 30 heavy (non-hydrogen) atoms. The van der Waals surface area contributed by atoms with E-state index in [0.29, 0.717) is 12.0 Å². The summed E-state index contributed by atoms with van der Waals surface area (Å²) in [5.74, 6) is 1.61. The molecule has 0 amide bonds. The van der Waals surface area contributed by atoms with Gasteiger partial charge in [-0.2, -0.15) is 5.10 Å². The molecule has 0 atom stereocenters. The summed E-state index contributed by atoms with van der Waals surface area (Å²) >= 11 is 0. The number of nitrogens with zero attached hydrogens (tertiary/aromatic N) is 2. The van der Waals surface area contributed by atoms with E-state index in [1.54, 1.807) is 0 Å². The number of aryl methyl sites for hydroxylation is 1. The molecule has 1 aliphatic heterocycles. The smallest absolute Gasteiger partial charge is 0.234 e. The Hall–Kier alpha value is -2.14. The Morgan fingerprint density at radius 3 is 2.37 bits per heavy atom. The highest BCUT2D eigenvalue weighted by molar-refractivity contribution is 5.67. The molecule has 1 aromatic carbocycles. The van der Waals surface area contributed by atoms with Crippen LogP contribution in [-0.4, -0.2) is 35.5 Å². The van der Waals surface area contributed by atoms with Crippen LogP contribution in [0.2, 0.25) is 0 Å². The Kier molecular flexibility index (Phi) is 7.57. The highest BCUT2D eigenvalue weighted by atomic mass is 16.5. The van der Waals surface area contributed by atoms with Crippen LogP contribution in [-0.2, 0) is 6.42 Å². The quantitative estimate of drug-likeness (QED) is 0.639. The van der Waals surface area contributed by atoms with Gasteiger partial charge in [0.25, 0.3) is 0 Å². The summed E-state index contributed by atoms with van der Waals surface area (Å²) in [6.45, 7) is 4.21. The lowest BCUT2D eigenvalue weighted by Gasteiger charge is -2.23. The van der Waals surface area contributed by atoms with Crippen LogP contribution in [0.3, 0.4) is 0 Å². The third-order valence-electron chi connectivity index (χ3n) is 6.21. The zero-order chi connectivity index (χ0) is 20.6. The molecule has 1 saturated heterocycles. The summed E-state index contributed by atoms with van der Waals surface area (Å²) in [5, 5.41) is 12.3. The number of ether oxygens (including phenoxy) is 2. The van der Waals surface area contributed by atoms with Gasteiger partial charge in [-0.15, -0.1) is 5.10 Å². The van der Waals surface area contributed by atoms with Crippen molar-refractivity contribution in [2.75, 3.05) is 13.1 Å². The van der Waals surface area contributed by atoms with E-state index in [-0.39, 0.29) is 6.10 Å². The highest BCUT2D eigenvalue weighted by Crippen LogP contribution is 2.30. The number of aromatic nitrogens is 2. The molecule has 0 bridgehead atoms. The fourth-order valence-corrected chi connectivity index (χ4v) is 4.41. The Labute approximate surface area is 180 Å². The van der Waals surface area contributed by atoms with Gasteiger partial charge in [-0.1, -0.05) is 31.9 Å². The molecule has 5 nitrogen and oxygen atoms in total. The Bertz CT molecular complexity index is 781. The summed E-state index contributed by atoms with van der Waals surface area (Å²) in [4.78, 5) is 0. The lowest BCUT2D eigenvalue weighted by atomic mass is 9.97. The molecule has 4 rings (SSSR count). The maximum atomic E-state index is 6.21. The molecule has 2 fully saturated rings. The van der Waals surface area contributed by atoms with Crippen LogP contribution in [0.25, 0.3) is 11.1 Å². The fraction of sp³-hybridized carbons (Fsp3) is 0.600. The molecule has 2 aromatic rings. The van der Waals surface area contributed by atoms with E-state index in [2.05, 4.69) is 52.8 Å². The minimum absolute atomic E-state index is 0.223. The Balaban J connectivity index is 1.51.